The second-order valence-corrected chi connectivity index (χ2v) is 5.43. The average molecular weight is 305 g/mol. The summed E-state index contributed by atoms with van der Waals surface area (Å²) in [5, 5.41) is 3.10. The van der Waals surface area contributed by atoms with E-state index in [1.807, 2.05) is 6.07 Å². The van der Waals surface area contributed by atoms with E-state index in [2.05, 4.69) is 41.0 Å². The first-order chi connectivity index (χ1) is 10.5. The summed E-state index contributed by atoms with van der Waals surface area (Å²) >= 11 is 0. The van der Waals surface area contributed by atoms with Gasteiger partial charge in [0, 0.05) is 18.7 Å². The van der Waals surface area contributed by atoms with Crippen LogP contribution in [0.1, 0.15) is 43.2 Å². The number of guanidine groups is 1. The first kappa shape index (κ1) is 18.0. The Morgan fingerprint density at radius 3 is 2.59 bits per heavy atom. The van der Waals surface area contributed by atoms with Crippen LogP contribution in [0.3, 0.4) is 0 Å². The van der Waals surface area contributed by atoms with Gasteiger partial charge < -0.3 is 15.8 Å². The van der Waals surface area contributed by atoms with E-state index in [-0.39, 0.29) is 5.97 Å². The second kappa shape index (κ2) is 9.82. The Morgan fingerprint density at radius 2 is 1.91 bits per heavy atom. The Labute approximate surface area is 133 Å². The van der Waals surface area contributed by atoms with Crippen LogP contribution in [0.25, 0.3) is 0 Å². The van der Waals surface area contributed by atoms with Crippen molar-refractivity contribution >= 4 is 17.6 Å². The molecule has 0 radical (unpaired) electrons. The van der Waals surface area contributed by atoms with Crippen LogP contribution in [0.5, 0.6) is 0 Å². The molecule has 0 saturated heterocycles. The summed E-state index contributed by atoms with van der Waals surface area (Å²) in [6.45, 7) is 4.85. The van der Waals surface area contributed by atoms with Crippen LogP contribution < -0.4 is 11.1 Å². The van der Waals surface area contributed by atoms with Crippen molar-refractivity contribution in [1.29, 1.82) is 0 Å². The maximum Gasteiger partial charge on any atom is 0.305 e. The predicted molar refractivity (Wildman–Crippen MR) is 91.1 cm³/mol. The molecule has 0 aliphatic heterocycles. The van der Waals surface area contributed by atoms with Gasteiger partial charge in [-0.2, -0.15) is 0 Å². The van der Waals surface area contributed by atoms with Crippen molar-refractivity contribution < 1.29 is 9.53 Å². The minimum Gasteiger partial charge on any atom is -0.469 e. The minimum atomic E-state index is -0.139. The summed E-state index contributed by atoms with van der Waals surface area (Å²) in [6, 6.07) is 6.12. The smallest absolute Gasteiger partial charge is 0.305 e. The quantitative estimate of drug-likeness (QED) is 0.335. The molecule has 0 aliphatic carbocycles. The highest BCUT2D eigenvalue weighted by molar-refractivity contribution is 5.92. The van der Waals surface area contributed by atoms with E-state index in [9.17, 15) is 4.79 Å². The zero-order chi connectivity index (χ0) is 16.4. The predicted octanol–water partition coefficient (Wildman–Crippen LogP) is 3.15. The molecule has 1 aromatic carbocycles. The Bertz CT molecular complexity index is 513. The highest BCUT2D eigenvalue weighted by atomic mass is 16.5. The lowest BCUT2D eigenvalue weighted by Crippen LogP contribution is -2.22. The van der Waals surface area contributed by atoms with Crippen molar-refractivity contribution in [2.24, 2.45) is 10.7 Å². The molecular weight excluding hydrogens is 278 g/mol. The number of nitrogens with two attached hydrogens (primary N) is 1. The Hall–Kier alpha value is -2.04. The number of methoxy groups -OCH3 is 1. The fourth-order valence-corrected chi connectivity index (χ4v) is 2.04. The molecule has 1 aromatic rings. The standard InChI is InChI=1S/C17H27N3O2/c1-13-9-10-15(12-14(13)2)20-17(18)19-11-7-5-4-6-8-16(21)22-3/h9-10,12H,4-8,11H2,1-3H3,(H3,18,19,20). The number of nitrogens with zero attached hydrogens (tertiary/aromatic N) is 1. The van der Waals surface area contributed by atoms with E-state index in [0.717, 1.165) is 31.4 Å². The van der Waals surface area contributed by atoms with Crippen molar-refractivity contribution in [3.63, 3.8) is 0 Å². The normalized spacial score (nSPS) is 11.3. The number of benzene rings is 1. The maximum atomic E-state index is 10.9. The van der Waals surface area contributed by atoms with Crippen molar-refractivity contribution in [2.75, 3.05) is 19.0 Å². The summed E-state index contributed by atoms with van der Waals surface area (Å²) < 4.78 is 4.60. The number of unbranched alkanes of at least 4 members (excludes halogenated alkanes) is 3. The molecule has 1 rings (SSSR count). The van der Waals surface area contributed by atoms with E-state index in [1.54, 1.807) is 0 Å². The van der Waals surface area contributed by atoms with Crippen LogP contribution in [0.2, 0.25) is 0 Å². The third-order valence-corrected chi connectivity index (χ3v) is 3.58. The van der Waals surface area contributed by atoms with Gasteiger partial charge in [0.2, 0.25) is 0 Å². The van der Waals surface area contributed by atoms with Crippen LogP contribution in [0.15, 0.2) is 23.2 Å². The number of aliphatic imine (C=N–C) groups is 1. The van der Waals surface area contributed by atoms with Crippen LogP contribution in [-0.4, -0.2) is 25.6 Å². The van der Waals surface area contributed by atoms with E-state index in [0.29, 0.717) is 18.9 Å². The van der Waals surface area contributed by atoms with Gasteiger partial charge in [0.1, 0.15) is 0 Å². The van der Waals surface area contributed by atoms with Gasteiger partial charge in [0.05, 0.1) is 7.11 Å². The molecule has 0 saturated carbocycles. The van der Waals surface area contributed by atoms with Crippen molar-refractivity contribution in [3.05, 3.63) is 29.3 Å². The summed E-state index contributed by atoms with van der Waals surface area (Å²) in [5.41, 5.74) is 9.31. The average Bonchev–Trinajstić information content (AvgIpc) is 2.49. The highest BCUT2D eigenvalue weighted by Gasteiger charge is 2.00. The number of hydrogen-bond acceptors (Lipinski definition) is 3. The SMILES string of the molecule is COC(=O)CCCCCCN=C(N)Nc1ccc(C)c(C)c1. The first-order valence-electron chi connectivity index (χ1n) is 7.74. The maximum absolute atomic E-state index is 10.9. The molecule has 122 valence electrons. The third-order valence-electron chi connectivity index (χ3n) is 3.58. The van der Waals surface area contributed by atoms with Crippen LogP contribution >= 0.6 is 0 Å². The zero-order valence-corrected chi connectivity index (χ0v) is 13.8. The number of carbonyl (C=O) groups is 1. The summed E-state index contributed by atoms with van der Waals surface area (Å²) in [7, 11) is 1.42. The molecule has 0 aromatic heterocycles. The molecule has 22 heavy (non-hydrogen) atoms. The highest BCUT2D eigenvalue weighted by Crippen LogP contribution is 2.13. The van der Waals surface area contributed by atoms with Gasteiger partial charge in [-0.3, -0.25) is 9.79 Å². The Morgan fingerprint density at radius 1 is 1.18 bits per heavy atom. The zero-order valence-electron chi connectivity index (χ0n) is 13.8. The van der Waals surface area contributed by atoms with Gasteiger partial charge in [-0.1, -0.05) is 18.9 Å². The third kappa shape index (κ3) is 7.11. The molecule has 3 N–H and O–H groups in total. The van der Waals surface area contributed by atoms with Crippen LogP contribution in [0, 0.1) is 13.8 Å². The van der Waals surface area contributed by atoms with Crippen molar-refractivity contribution in [2.45, 2.75) is 46.0 Å². The van der Waals surface area contributed by atoms with Crippen molar-refractivity contribution in [3.8, 4) is 0 Å². The van der Waals surface area contributed by atoms with Crippen molar-refractivity contribution in [1.82, 2.24) is 0 Å². The van der Waals surface area contributed by atoms with Gasteiger partial charge >= 0.3 is 5.97 Å². The van der Waals surface area contributed by atoms with E-state index in [4.69, 9.17) is 5.73 Å². The number of carbonyl (C=O) groups excluding carboxylic acids is 1. The first-order valence-corrected chi connectivity index (χ1v) is 7.74. The molecule has 0 amide bonds. The molecular formula is C17H27N3O2. The van der Waals surface area contributed by atoms with Gasteiger partial charge in [0.25, 0.3) is 0 Å². The molecule has 0 unspecified atom stereocenters. The van der Waals surface area contributed by atoms with Crippen LogP contribution in [0.4, 0.5) is 5.69 Å². The lowest BCUT2D eigenvalue weighted by atomic mass is 10.1. The van der Waals surface area contributed by atoms with E-state index >= 15 is 0 Å². The number of anilines is 1. The van der Waals surface area contributed by atoms with Gasteiger partial charge in [-0.15, -0.1) is 0 Å². The Balaban J connectivity index is 2.20. The molecule has 5 nitrogen and oxygen atoms in total. The van der Waals surface area contributed by atoms with Crippen LogP contribution in [-0.2, 0) is 9.53 Å². The summed E-state index contributed by atoms with van der Waals surface area (Å²) in [6.07, 6.45) is 4.38. The Kier molecular flexibility index (Phi) is 8.04. The molecule has 0 bridgehead atoms. The molecule has 0 fully saturated rings. The molecule has 0 heterocycles. The molecule has 0 spiro atoms. The number of rotatable bonds is 8. The number of ether oxygens (including phenoxy) is 1. The molecule has 5 heteroatoms. The fraction of sp³-hybridized carbons (Fsp3) is 0.529. The van der Waals surface area contributed by atoms with E-state index < -0.39 is 0 Å². The van der Waals surface area contributed by atoms with Gasteiger partial charge in [-0.25, -0.2) is 0 Å². The topological polar surface area (TPSA) is 76.7 Å². The minimum absolute atomic E-state index is 0.139. The van der Waals surface area contributed by atoms with E-state index in [1.165, 1.54) is 18.2 Å². The number of aryl methyl sites for hydroxylation is 2. The number of esters is 1. The largest absolute Gasteiger partial charge is 0.469 e. The lowest BCUT2D eigenvalue weighted by Gasteiger charge is -2.08. The molecule has 0 atom stereocenters. The summed E-state index contributed by atoms with van der Waals surface area (Å²) in [5.74, 6) is 0.303. The summed E-state index contributed by atoms with van der Waals surface area (Å²) in [4.78, 5) is 15.3. The second-order valence-electron chi connectivity index (χ2n) is 5.43. The monoisotopic (exact) mass is 305 g/mol. The lowest BCUT2D eigenvalue weighted by molar-refractivity contribution is -0.140. The van der Waals surface area contributed by atoms with Gasteiger partial charge in [0.15, 0.2) is 5.96 Å². The molecule has 0 aliphatic rings. The van der Waals surface area contributed by atoms with Gasteiger partial charge in [-0.05, 0) is 49.9 Å². The number of nitrogens with one attached hydrogen (secondary N) is 1. The fourth-order valence-electron chi connectivity index (χ4n) is 2.04. The number of hydrogen-bond donors (Lipinski definition) is 2.